The van der Waals surface area contributed by atoms with Crippen LogP contribution in [-0.4, -0.2) is 36.7 Å². The number of aromatic nitrogens is 1. The van der Waals surface area contributed by atoms with Crippen LogP contribution in [0, 0.1) is 11.8 Å². The molecule has 3 rings (SSSR count). The first kappa shape index (κ1) is 27.1. The summed E-state index contributed by atoms with van der Waals surface area (Å²) in [5, 5.41) is 3.56. The average Bonchev–Trinajstić information content (AvgIpc) is 3.24. The minimum Gasteiger partial charge on any atom is -0.302 e. The molecule has 1 saturated carbocycles. The fraction of sp³-hybridized carbons (Fsp3) is 0.692. The van der Waals surface area contributed by atoms with Crippen molar-refractivity contribution in [3.63, 3.8) is 0 Å². The van der Waals surface area contributed by atoms with Gasteiger partial charge in [0.2, 0.25) is 15.9 Å². The molecule has 1 amide bonds. The van der Waals surface area contributed by atoms with E-state index < -0.39 is 10.0 Å². The predicted molar refractivity (Wildman–Crippen MR) is 142 cm³/mol. The van der Waals surface area contributed by atoms with E-state index >= 15 is 0 Å². The molecule has 0 saturated heterocycles. The van der Waals surface area contributed by atoms with Gasteiger partial charge in [-0.05, 0) is 62.6 Å². The van der Waals surface area contributed by atoms with Gasteiger partial charge in [-0.2, -0.15) is 4.31 Å². The molecule has 1 heterocycles. The Morgan fingerprint density at radius 1 is 1.03 bits per heavy atom. The molecule has 6 nitrogen and oxygen atoms in total. The molecule has 1 aliphatic carbocycles. The lowest BCUT2D eigenvalue weighted by atomic mass is 9.79. The highest BCUT2D eigenvalue weighted by molar-refractivity contribution is 7.89. The second kappa shape index (κ2) is 13.0. The van der Waals surface area contributed by atoms with E-state index in [1.54, 1.807) is 22.5 Å². The highest BCUT2D eigenvalue weighted by atomic mass is 32.2. The number of nitrogens with zero attached hydrogens (tertiary/aromatic N) is 2. The Morgan fingerprint density at radius 2 is 1.68 bits per heavy atom. The van der Waals surface area contributed by atoms with E-state index in [0.29, 0.717) is 23.1 Å². The van der Waals surface area contributed by atoms with E-state index in [1.807, 2.05) is 0 Å². The van der Waals surface area contributed by atoms with Crippen molar-refractivity contribution in [2.24, 2.45) is 11.8 Å². The number of carbonyl (C=O) groups is 1. The second-order valence-corrected chi connectivity index (χ2v) is 12.6. The number of hydrogen-bond donors (Lipinski definition) is 1. The smallest absolute Gasteiger partial charge is 0.243 e. The summed E-state index contributed by atoms with van der Waals surface area (Å²) in [4.78, 5) is 17.7. The van der Waals surface area contributed by atoms with Crippen LogP contribution in [0.2, 0.25) is 0 Å². The van der Waals surface area contributed by atoms with Crippen molar-refractivity contribution in [2.75, 3.05) is 18.4 Å². The molecule has 0 bridgehead atoms. The van der Waals surface area contributed by atoms with Crippen LogP contribution in [0.3, 0.4) is 0 Å². The van der Waals surface area contributed by atoms with Crippen molar-refractivity contribution in [1.82, 2.24) is 9.29 Å². The van der Waals surface area contributed by atoms with Crippen molar-refractivity contribution >= 4 is 42.6 Å². The number of anilines is 1. The van der Waals surface area contributed by atoms with Crippen molar-refractivity contribution in [2.45, 2.75) is 96.3 Å². The molecule has 2 aromatic rings. The minimum absolute atomic E-state index is 0.0474. The second-order valence-electron chi connectivity index (χ2n) is 9.61. The first-order valence-corrected chi connectivity index (χ1v) is 15.4. The van der Waals surface area contributed by atoms with Crippen LogP contribution in [-0.2, 0) is 14.8 Å². The van der Waals surface area contributed by atoms with Gasteiger partial charge in [0.25, 0.3) is 0 Å². The number of fused-ring (bicyclic) bond motifs is 1. The predicted octanol–water partition coefficient (Wildman–Crippen LogP) is 6.82. The molecule has 0 atom stereocenters. The zero-order valence-corrected chi connectivity index (χ0v) is 22.6. The van der Waals surface area contributed by atoms with Crippen LogP contribution in [0.5, 0.6) is 0 Å². The molecule has 0 radical (unpaired) electrons. The molecule has 190 valence electrons. The molecule has 1 fully saturated rings. The molecule has 0 unspecified atom stereocenters. The van der Waals surface area contributed by atoms with Crippen LogP contribution in [0.25, 0.3) is 10.2 Å². The lowest BCUT2D eigenvalue weighted by Gasteiger charge is -2.27. The van der Waals surface area contributed by atoms with Crippen molar-refractivity contribution in [3.8, 4) is 0 Å². The monoisotopic (exact) mass is 507 g/mol. The molecule has 0 aliphatic heterocycles. The zero-order valence-electron chi connectivity index (χ0n) is 21.0. The van der Waals surface area contributed by atoms with E-state index in [2.05, 4.69) is 31.1 Å². The molecule has 0 spiro atoms. The Kier molecular flexibility index (Phi) is 10.3. The number of sulfonamides is 1. The summed E-state index contributed by atoms with van der Waals surface area (Å²) in [6.45, 7) is 7.46. The van der Waals surface area contributed by atoms with Crippen LogP contribution in [0.15, 0.2) is 23.1 Å². The maximum Gasteiger partial charge on any atom is 0.243 e. The highest BCUT2D eigenvalue weighted by Gasteiger charge is 2.27. The topological polar surface area (TPSA) is 79.4 Å². The summed E-state index contributed by atoms with van der Waals surface area (Å²) in [5.41, 5.74) is 0.719. The van der Waals surface area contributed by atoms with Gasteiger partial charge in [0.05, 0.1) is 15.1 Å². The Balaban J connectivity index is 1.68. The largest absolute Gasteiger partial charge is 0.302 e. The Morgan fingerprint density at radius 3 is 2.29 bits per heavy atom. The van der Waals surface area contributed by atoms with Gasteiger partial charge in [0.1, 0.15) is 0 Å². The third-order valence-electron chi connectivity index (χ3n) is 6.93. The maximum atomic E-state index is 13.3. The summed E-state index contributed by atoms with van der Waals surface area (Å²) >= 11 is 1.35. The fourth-order valence-corrected chi connectivity index (χ4v) is 7.23. The van der Waals surface area contributed by atoms with Gasteiger partial charge < -0.3 is 5.32 Å². The van der Waals surface area contributed by atoms with Crippen LogP contribution in [0.1, 0.15) is 91.4 Å². The minimum atomic E-state index is -3.56. The molecule has 1 aromatic carbocycles. The van der Waals surface area contributed by atoms with Gasteiger partial charge in [-0.3, -0.25) is 4.79 Å². The van der Waals surface area contributed by atoms with Crippen LogP contribution < -0.4 is 5.32 Å². The van der Waals surface area contributed by atoms with Crippen LogP contribution >= 0.6 is 11.3 Å². The molecular formula is C26H41N3O3S2. The molecular weight excluding hydrogens is 466 g/mol. The molecule has 34 heavy (non-hydrogen) atoms. The fourth-order valence-electron chi connectivity index (χ4n) is 4.70. The number of hydrogen-bond acceptors (Lipinski definition) is 5. The summed E-state index contributed by atoms with van der Waals surface area (Å²) in [6, 6.07) is 5.11. The zero-order chi connectivity index (χ0) is 24.6. The number of nitrogens with one attached hydrogen (secondary N) is 1. The Labute approximate surface area is 209 Å². The molecule has 1 N–H and O–H groups in total. The lowest BCUT2D eigenvalue weighted by Crippen LogP contribution is -2.33. The van der Waals surface area contributed by atoms with E-state index in [4.69, 9.17) is 0 Å². The normalized spacial score (nSPS) is 19.1. The van der Waals surface area contributed by atoms with E-state index in [0.717, 1.165) is 67.5 Å². The van der Waals surface area contributed by atoms with E-state index in [9.17, 15) is 13.2 Å². The molecule has 1 aromatic heterocycles. The summed E-state index contributed by atoms with van der Waals surface area (Å²) in [5.74, 6) is 0.860. The lowest BCUT2D eigenvalue weighted by molar-refractivity contribution is -0.121. The number of carbonyl (C=O) groups excluding carboxylic acids is 1. The van der Waals surface area contributed by atoms with Crippen molar-refractivity contribution < 1.29 is 13.2 Å². The quantitative estimate of drug-likeness (QED) is 0.322. The average molecular weight is 508 g/mol. The van der Waals surface area contributed by atoms with E-state index in [1.165, 1.54) is 30.6 Å². The van der Waals surface area contributed by atoms with Crippen molar-refractivity contribution in [3.05, 3.63) is 18.2 Å². The number of thiazole rings is 1. The summed E-state index contributed by atoms with van der Waals surface area (Å²) in [6.07, 6.45) is 11.5. The Bertz CT molecular complexity index is 1020. The highest BCUT2D eigenvalue weighted by Crippen LogP contribution is 2.34. The summed E-state index contributed by atoms with van der Waals surface area (Å²) < 4.78 is 29.0. The van der Waals surface area contributed by atoms with E-state index in [-0.39, 0.29) is 11.8 Å². The van der Waals surface area contributed by atoms with Crippen LogP contribution in [0.4, 0.5) is 5.13 Å². The third-order valence-corrected chi connectivity index (χ3v) is 9.76. The molecule has 8 heteroatoms. The van der Waals surface area contributed by atoms with Gasteiger partial charge in [-0.1, -0.05) is 64.2 Å². The number of benzene rings is 1. The number of unbranched alkanes of at least 4 members (excludes halogenated alkanes) is 3. The first-order chi connectivity index (χ1) is 16.4. The van der Waals surface area contributed by atoms with Gasteiger partial charge in [-0.15, -0.1) is 0 Å². The third kappa shape index (κ3) is 7.01. The standard InChI is InChI=1S/C26H41N3O3S2/c1-4-7-10-20-11-13-21(14-12-20)25(30)28-26-27-23-16-15-22(19-24(23)33-26)34(31,32)29(17-8-5-2)18-9-6-3/h15-16,19-21H,4-14,17-18H2,1-3H3,(H,27,28,30). The Hall–Kier alpha value is -1.51. The van der Waals surface area contributed by atoms with Gasteiger partial charge in [0, 0.05) is 19.0 Å². The SMILES string of the molecule is CCCCC1CCC(C(=O)Nc2nc3ccc(S(=O)(=O)N(CCCC)CCCC)cc3s2)CC1. The van der Waals surface area contributed by atoms with Gasteiger partial charge in [-0.25, -0.2) is 13.4 Å². The van der Waals surface area contributed by atoms with Crippen molar-refractivity contribution in [1.29, 1.82) is 0 Å². The van der Waals surface area contributed by atoms with Gasteiger partial charge in [0.15, 0.2) is 5.13 Å². The van der Waals surface area contributed by atoms with Gasteiger partial charge >= 0.3 is 0 Å². The summed E-state index contributed by atoms with van der Waals surface area (Å²) in [7, 11) is -3.56. The maximum absolute atomic E-state index is 13.3. The number of amides is 1. The number of rotatable bonds is 13. The molecule has 1 aliphatic rings. The first-order valence-electron chi connectivity index (χ1n) is 13.1.